The van der Waals surface area contributed by atoms with Crippen molar-refractivity contribution in [2.45, 2.75) is 6.92 Å². The van der Waals surface area contributed by atoms with Crippen molar-refractivity contribution in [3.63, 3.8) is 0 Å². The summed E-state index contributed by atoms with van der Waals surface area (Å²) in [4.78, 5) is 2.26. The SMILES string of the molecule is Cc1ccc(Br)cc1-c1ccc(N2CCNCC2)nn1. The third-order valence-corrected chi connectivity index (χ3v) is 4.06. The zero-order chi connectivity index (χ0) is 13.9. The average Bonchev–Trinajstić information content (AvgIpc) is 2.51. The number of nitrogens with one attached hydrogen (secondary N) is 1. The summed E-state index contributed by atoms with van der Waals surface area (Å²) in [6.45, 7) is 6.09. The minimum absolute atomic E-state index is 0.919. The van der Waals surface area contributed by atoms with Gasteiger partial charge in [-0.15, -0.1) is 10.2 Å². The zero-order valence-electron chi connectivity index (χ0n) is 11.4. The van der Waals surface area contributed by atoms with Crippen LogP contribution >= 0.6 is 15.9 Å². The van der Waals surface area contributed by atoms with Crippen LogP contribution in [0.2, 0.25) is 0 Å². The maximum atomic E-state index is 4.39. The van der Waals surface area contributed by atoms with E-state index in [9.17, 15) is 0 Å². The van der Waals surface area contributed by atoms with Gasteiger partial charge in [-0.2, -0.15) is 0 Å². The van der Waals surface area contributed by atoms with E-state index in [2.05, 4.69) is 67.5 Å². The van der Waals surface area contributed by atoms with Crippen molar-refractivity contribution >= 4 is 21.7 Å². The molecule has 1 aromatic carbocycles. The highest BCUT2D eigenvalue weighted by Gasteiger charge is 2.12. The molecule has 0 radical (unpaired) electrons. The fourth-order valence-corrected chi connectivity index (χ4v) is 2.76. The van der Waals surface area contributed by atoms with Crippen LogP contribution in [0.25, 0.3) is 11.3 Å². The first kappa shape index (κ1) is 13.5. The van der Waals surface area contributed by atoms with Gasteiger partial charge in [0.2, 0.25) is 0 Å². The van der Waals surface area contributed by atoms with Crippen LogP contribution in [-0.4, -0.2) is 36.4 Å². The summed E-state index contributed by atoms with van der Waals surface area (Å²) in [5.74, 6) is 0.961. The van der Waals surface area contributed by atoms with E-state index in [-0.39, 0.29) is 0 Å². The van der Waals surface area contributed by atoms with Crippen LogP contribution in [0, 0.1) is 6.92 Å². The summed E-state index contributed by atoms with van der Waals surface area (Å²) in [5.41, 5.74) is 3.25. The Kier molecular flexibility index (Phi) is 3.98. The van der Waals surface area contributed by atoms with E-state index in [0.717, 1.165) is 47.7 Å². The number of aromatic nitrogens is 2. The molecule has 1 saturated heterocycles. The molecule has 1 aliphatic heterocycles. The number of benzene rings is 1. The van der Waals surface area contributed by atoms with Crippen LogP contribution < -0.4 is 10.2 Å². The Morgan fingerprint density at radius 2 is 1.90 bits per heavy atom. The molecule has 4 nitrogen and oxygen atoms in total. The lowest BCUT2D eigenvalue weighted by molar-refractivity contribution is 0.583. The molecule has 1 aromatic heterocycles. The molecule has 3 rings (SSSR count). The Morgan fingerprint density at radius 1 is 1.10 bits per heavy atom. The first-order valence-electron chi connectivity index (χ1n) is 6.80. The molecule has 2 heterocycles. The molecule has 5 heteroatoms. The van der Waals surface area contributed by atoms with E-state index in [4.69, 9.17) is 0 Å². The number of aryl methyl sites for hydroxylation is 1. The molecule has 2 aromatic rings. The molecule has 0 aliphatic carbocycles. The summed E-state index contributed by atoms with van der Waals surface area (Å²) in [5, 5.41) is 12.1. The Hall–Kier alpha value is -1.46. The number of halogens is 1. The largest absolute Gasteiger partial charge is 0.353 e. The molecule has 0 bridgehead atoms. The molecule has 0 amide bonds. The highest BCUT2D eigenvalue weighted by atomic mass is 79.9. The van der Waals surface area contributed by atoms with Gasteiger partial charge in [0.15, 0.2) is 5.82 Å². The molecule has 0 unspecified atom stereocenters. The topological polar surface area (TPSA) is 41.0 Å². The molecule has 0 atom stereocenters. The highest BCUT2D eigenvalue weighted by Crippen LogP contribution is 2.25. The van der Waals surface area contributed by atoms with Gasteiger partial charge in [0, 0.05) is 36.2 Å². The predicted molar refractivity (Wildman–Crippen MR) is 85.0 cm³/mol. The third kappa shape index (κ3) is 2.83. The second kappa shape index (κ2) is 5.89. The second-order valence-electron chi connectivity index (χ2n) is 4.97. The van der Waals surface area contributed by atoms with E-state index in [1.807, 2.05) is 6.07 Å². The molecular weight excluding hydrogens is 316 g/mol. The van der Waals surface area contributed by atoms with Crippen molar-refractivity contribution in [3.05, 3.63) is 40.4 Å². The summed E-state index contributed by atoms with van der Waals surface area (Å²) in [7, 11) is 0. The molecule has 1 aliphatic rings. The standard InChI is InChI=1S/C15H17BrN4/c1-11-2-3-12(16)10-13(11)14-4-5-15(19-18-14)20-8-6-17-7-9-20/h2-5,10,17H,6-9H2,1H3. The monoisotopic (exact) mass is 332 g/mol. The molecule has 0 spiro atoms. The van der Waals surface area contributed by atoms with Crippen LogP contribution in [0.4, 0.5) is 5.82 Å². The van der Waals surface area contributed by atoms with E-state index in [1.165, 1.54) is 5.56 Å². The van der Waals surface area contributed by atoms with Gasteiger partial charge < -0.3 is 10.2 Å². The minimum Gasteiger partial charge on any atom is -0.353 e. The van der Waals surface area contributed by atoms with Crippen molar-refractivity contribution in [1.82, 2.24) is 15.5 Å². The fraction of sp³-hybridized carbons (Fsp3) is 0.333. The molecule has 0 saturated carbocycles. The lowest BCUT2D eigenvalue weighted by Gasteiger charge is -2.27. The highest BCUT2D eigenvalue weighted by molar-refractivity contribution is 9.10. The number of piperazine rings is 1. The van der Waals surface area contributed by atoms with Crippen molar-refractivity contribution in [2.75, 3.05) is 31.1 Å². The van der Waals surface area contributed by atoms with E-state index in [0.29, 0.717) is 0 Å². The van der Waals surface area contributed by atoms with E-state index in [1.54, 1.807) is 0 Å². The van der Waals surface area contributed by atoms with E-state index < -0.39 is 0 Å². The molecule has 104 valence electrons. The number of hydrogen-bond donors (Lipinski definition) is 1. The molecular formula is C15H17BrN4. The normalized spacial score (nSPS) is 15.4. The van der Waals surface area contributed by atoms with Crippen molar-refractivity contribution in [3.8, 4) is 11.3 Å². The van der Waals surface area contributed by atoms with Crippen LogP contribution in [0.1, 0.15) is 5.56 Å². The lowest BCUT2D eigenvalue weighted by Crippen LogP contribution is -2.43. The maximum absolute atomic E-state index is 4.39. The number of anilines is 1. The first-order chi connectivity index (χ1) is 9.74. The van der Waals surface area contributed by atoms with Crippen LogP contribution in [-0.2, 0) is 0 Å². The van der Waals surface area contributed by atoms with Gasteiger partial charge in [0.1, 0.15) is 0 Å². The van der Waals surface area contributed by atoms with Gasteiger partial charge in [0.25, 0.3) is 0 Å². The van der Waals surface area contributed by atoms with Gasteiger partial charge in [-0.05, 0) is 36.8 Å². The van der Waals surface area contributed by atoms with Crippen LogP contribution in [0.5, 0.6) is 0 Å². The summed E-state index contributed by atoms with van der Waals surface area (Å²) >= 11 is 3.51. The zero-order valence-corrected chi connectivity index (χ0v) is 13.0. The number of rotatable bonds is 2. The fourth-order valence-electron chi connectivity index (χ4n) is 2.40. The van der Waals surface area contributed by atoms with Gasteiger partial charge >= 0.3 is 0 Å². The van der Waals surface area contributed by atoms with E-state index >= 15 is 0 Å². The van der Waals surface area contributed by atoms with Crippen LogP contribution in [0.3, 0.4) is 0 Å². The van der Waals surface area contributed by atoms with Crippen LogP contribution in [0.15, 0.2) is 34.8 Å². The van der Waals surface area contributed by atoms with Crippen molar-refractivity contribution in [1.29, 1.82) is 0 Å². The Labute approximate surface area is 127 Å². The lowest BCUT2D eigenvalue weighted by atomic mass is 10.1. The summed E-state index contributed by atoms with van der Waals surface area (Å²) in [6.07, 6.45) is 0. The van der Waals surface area contributed by atoms with Crippen molar-refractivity contribution < 1.29 is 0 Å². The summed E-state index contributed by atoms with van der Waals surface area (Å²) < 4.78 is 1.06. The quantitative estimate of drug-likeness (QED) is 0.917. The van der Waals surface area contributed by atoms with Gasteiger partial charge in [-0.1, -0.05) is 22.0 Å². The average molecular weight is 333 g/mol. The van der Waals surface area contributed by atoms with Gasteiger partial charge in [0.05, 0.1) is 5.69 Å². The number of nitrogens with zero attached hydrogens (tertiary/aromatic N) is 3. The summed E-state index contributed by atoms with van der Waals surface area (Å²) in [6, 6.07) is 10.3. The Morgan fingerprint density at radius 3 is 2.60 bits per heavy atom. The molecule has 1 N–H and O–H groups in total. The Bertz CT molecular complexity index is 591. The maximum Gasteiger partial charge on any atom is 0.151 e. The smallest absolute Gasteiger partial charge is 0.151 e. The molecule has 1 fully saturated rings. The second-order valence-corrected chi connectivity index (χ2v) is 5.89. The Balaban J connectivity index is 1.87. The predicted octanol–water partition coefficient (Wildman–Crippen LogP) is 2.62. The van der Waals surface area contributed by atoms with Gasteiger partial charge in [-0.3, -0.25) is 0 Å². The molecule has 20 heavy (non-hydrogen) atoms. The van der Waals surface area contributed by atoms with Gasteiger partial charge in [-0.25, -0.2) is 0 Å². The minimum atomic E-state index is 0.919. The number of hydrogen-bond acceptors (Lipinski definition) is 4. The van der Waals surface area contributed by atoms with Crippen molar-refractivity contribution in [2.24, 2.45) is 0 Å². The first-order valence-corrected chi connectivity index (χ1v) is 7.59. The third-order valence-electron chi connectivity index (χ3n) is 3.57.